The van der Waals surface area contributed by atoms with Gasteiger partial charge in [-0.25, -0.2) is 4.98 Å². The Balaban J connectivity index is 1.91. The molecule has 1 atom stereocenters. The van der Waals surface area contributed by atoms with Crippen LogP contribution in [-0.2, 0) is 4.74 Å². The minimum Gasteiger partial charge on any atom is -0.490 e. The first-order chi connectivity index (χ1) is 12.0. The zero-order valence-electron chi connectivity index (χ0n) is 14.7. The number of carbonyl (C=O) groups is 1. The number of nitrogens with zero attached hydrogens (tertiary/aromatic N) is 1. The van der Waals surface area contributed by atoms with Crippen LogP contribution >= 0.6 is 0 Å². The lowest BCUT2D eigenvalue weighted by Crippen LogP contribution is -2.23. The van der Waals surface area contributed by atoms with Gasteiger partial charge in [0.1, 0.15) is 5.75 Å². The van der Waals surface area contributed by atoms with E-state index in [0.29, 0.717) is 29.7 Å². The minimum atomic E-state index is -0.517. The maximum atomic E-state index is 11.7. The Morgan fingerprint density at radius 3 is 2.96 bits per heavy atom. The number of hydrogen-bond donors (Lipinski definition) is 1. The second-order valence-electron chi connectivity index (χ2n) is 6.61. The summed E-state index contributed by atoms with van der Waals surface area (Å²) in [7, 11) is 0. The molecule has 2 heterocycles. The standard InChI is InChI=1S/C19H24N2O4/c1-12(2)25-17-9-15-14(8-16(17)18(20)22)5-6-21-19(15)24-11-13-4-3-7-23-10-13/h5-6,8-9,12-13H,3-4,7,10-11H2,1-2H3,(H2,20,22)/t13-/m1/s1. The summed E-state index contributed by atoms with van der Waals surface area (Å²) in [4.78, 5) is 16.1. The van der Waals surface area contributed by atoms with E-state index < -0.39 is 5.91 Å². The molecule has 0 radical (unpaired) electrons. The van der Waals surface area contributed by atoms with Crippen LogP contribution < -0.4 is 15.2 Å². The summed E-state index contributed by atoms with van der Waals surface area (Å²) in [5.74, 6) is 0.847. The Morgan fingerprint density at radius 1 is 1.44 bits per heavy atom. The van der Waals surface area contributed by atoms with Gasteiger partial charge < -0.3 is 19.9 Å². The summed E-state index contributed by atoms with van der Waals surface area (Å²) >= 11 is 0. The summed E-state index contributed by atoms with van der Waals surface area (Å²) < 4.78 is 17.2. The summed E-state index contributed by atoms with van der Waals surface area (Å²) in [5.41, 5.74) is 5.86. The first kappa shape index (κ1) is 17.5. The van der Waals surface area contributed by atoms with E-state index in [1.807, 2.05) is 19.9 Å². The minimum absolute atomic E-state index is 0.0732. The smallest absolute Gasteiger partial charge is 0.252 e. The molecule has 0 bridgehead atoms. The van der Waals surface area contributed by atoms with Crippen LogP contribution in [0.4, 0.5) is 0 Å². The van der Waals surface area contributed by atoms with E-state index in [1.54, 1.807) is 18.3 Å². The fourth-order valence-corrected chi connectivity index (χ4v) is 2.97. The van der Waals surface area contributed by atoms with Crippen molar-refractivity contribution in [3.63, 3.8) is 0 Å². The first-order valence-electron chi connectivity index (χ1n) is 8.64. The number of fused-ring (bicyclic) bond motifs is 1. The van der Waals surface area contributed by atoms with E-state index in [4.69, 9.17) is 19.9 Å². The molecule has 1 amide bonds. The van der Waals surface area contributed by atoms with Gasteiger partial charge in [0.05, 0.1) is 24.9 Å². The van der Waals surface area contributed by atoms with Gasteiger partial charge in [0, 0.05) is 24.1 Å². The second kappa shape index (κ2) is 7.70. The summed E-state index contributed by atoms with van der Waals surface area (Å²) in [6.45, 7) is 5.91. The summed E-state index contributed by atoms with van der Waals surface area (Å²) in [5, 5.41) is 1.65. The van der Waals surface area contributed by atoms with Gasteiger partial charge >= 0.3 is 0 Å². The lowest BCUT2D eigenvalue weighted by Gasteiger charge is -2.22. The Bertz CT molecular complexity index is 754. The number of hydrogen-bond acceptors (Lipinski definition) is 5. The number of primary amides is 1. The van der Waals surface area contributed by atoms with E-state index in [-0.39, 0.29) is 6.10 Å². The summed E-state index contributed by atoms with van der Waals surface area (Å²) in [6.07, 6.45) is 3.75. The second-order valence-corrected chi connectivity index (χ2v) is 6.61. The van der Waals surface area contributed by atoms with Crippen molar-refractivity contribution in [2.75, 3.05) is 19.8 Å². The lowest BCUT2D eigenvalue weighted by atomic mass is 10.0. The van der Waals surface area contributed by atoms with Crippen LogP contribution in [0.1, 0.15) is 37.0 Å². The van der Waals surface area contributed by atoms with Gasteiger partial charge in [-0.1, -0.05) is 0 Å². The Morgan fingerprint density at radius 2 is 2.28 bits per heavy atom. The Hall–Kier alpha value is -2.34. The molecule has 1 aliphatic rings. The molecule has 2 aromatic rings. The van der Waals surface area contributed by atoms with Crippen molar-refractivity contribution < 1.29 is 19.0 Å². The molecule has 1 saturated heterocycles. The van der Waals surface area contributed by atoms with Crippen molar-refractivity contribution in [3.05, 3.63) is 30.0 Å². The van der Waals surface area contributed by atoms with E-state index in [1.165, 1.54) is 0 Å². The van der Waals surface area contributed by atoms with Crippen LogP contribution in [0.2, 0.25) is 0 Å². The number of nitrogens with two attached hydrogens (primary N) is 1. The SMILES string of the molecule is CC(C)Oc1cc2c(OC[C@@H]3CCCOC3)nccc2cc1C(N)=O. The highest BCUT2D eigenvalue weighted by molar-refractivity contribution is 6.01. The molecule has 6 heteroatoms. The third-order valence-electron chi connectivity index (χ3n) is 4.17. The fourth-order valence-electron chi connectivity index (χ4n) is 2.97. The molecule has 0 unspecified atom stereocenters. The van der Waals surface area contributed by atoms with Crippen molar-refractivity contribution in [2.24, 2.45) is 11.7 Å². The van der Waals surface area contributed by atoms with Gasteiger partial charge in [-0.2, -0.15) is 0 Å². The van der Waals surface area contributed by atoms with E-state index in [0.717, 1.165) is 36.8 Å². The van der Waals surface area contributed by atoms with Gasteiger partial charge in [0.15, 0.2) is 0 Å². The van der Waals surface area contributed by atoms with Crippen molar-refractivity contribution in [1.29, 1.82) is 0 Å². The highest BCUT2D eigenvalue weighted by Gasteiger charge is 2.18. The number of amides is 1. The average molecular weight is 344 g/mol. The topological polar surface area (TPSA) is 83.7 Å². The molecule has 6 nitrogen and oxygen atoms in total. The molecule has 1 fully saturated rings. The van der Waals surface area contributed by atoms with E-state index in [2.05, 4.69) is 4.98 Å². The normalized spacial score (nSPS) is 17.6. The van der Waals surface area contributed by atoms with Crippen LogP contribution in [-0.4, -0.2) is 36.8 Å². The van der Waals surface area contributed by atoms with Crippen LogP contribution in [0, 0.1) is 5.92 Å². The summed E-state index contributed by atoms with van der Waals surface area (Å²) in [6, 6.07) is 5.35. The van der Waals surface area contributed by atoms with Crippen LogP contribution in [0.25, 0.3) is 10.8 Å². The maximum Gasteiger partial charge on any atom is 0.252 e. The Labute approximate surface area is 147 Å². The molecule has 134 valence electrons. The highest BCUT2D eigenvalue weighted by atomic mass is 16.5. The predicted molar refractivity (Wildman–Crippen MR) is 95.1 cm³/mol. The molecular weight excluding hydrogens is 320 g/mol. The monoisotopic (exact) mass is 344 g/mol. The van der Waals surface area contributed by atoms with Gasteiger partial charge in [-0.05, 0) is 50.3 Å². The van der Waals surface area contributed by atoms with Gasteiger partial charge in [0.25, 0.3) is 5.91 Å². The number of pyridine rings is 1. The zero-order chi connectivity index (χ0) is 17.8. The number of aromatic nitrogens is 1. The molecule has 1 aliphatic heterocycles. The highest BCUT2D eigenvalue weighted by Crippen LogP contribution is 2.31. The molecule has 2 N–H and O–H groups in total. The van der Waals surface area contributed by atoms with Gasteiger partial charge in [0.2, 0.25) is 5.88 Å². The average Bonchev–Trinajstić information content (AvgIpc) is 2.59. The molecule has 25 heavy (non-hydrogen) atoms. The van der Waals surface area contributed by atoms with Crippen molar-refractivity contribution >= 4 is 16.7 Å². The molecule has 0 spiro atoms. The molecule has 0 saturated carbocycles. The van der Waals surface area contributed by atoms with Crippen molar-refractivity contribution in [2.45, 2.75) is 32.8 Å². The number of rotatable bonds is 6. The lowest BCUT2D eigenvalue weighted by molar-refractivity contribution is 0.0347. The van der Waals surface area contributed by atoms with Crippen LogP contribution in [0.15, 0.2) is 24.4 Å². The van der Waals surface area contributed by atoms with Crippen LogP contribution in [0.3, 0.4) is 0 Å². The van der Waals surface area contributed by atoms with Crippen LogP contribution in [0.5, 0.6) is 11.6 Å². The number of ether oxygens (including phenoxy) is 3. The zero-order valence-corrected chi connectivity index (χ0v) is 14.7. The molecule has 0 aliphatic carbocycles. The first-order valence-corrected chi connectivity index (χ1v) is 8.64. The molecule has 1 aromatic carbocycles. The largest absolute Gasteiger partial charge is 0.490 e. The van der Waals surface area contributed by atoms with E-state index >= 15 is 0 Å². The maximum absolute atomic E-state index is 11.7. The van der Waals surface area contributed by atoms with Gasteiger partial charge in [-0.15, -0.1) is 0 Å². The Kier molecular flexibility index (Phi) is 5.38. The van der Waals surface area contributed by atoms with E-state index in [9.17, 15) is 4.79 Å². The third kappa shape index (κ3) is 4.20. The fraction of sp³-hybridized carbons (Fsp3) is 0.474. The number of carbonyl (C=O) groups excluding carboxylic acids is 1. The molecule has 1 aromatic heterocycles. The quantitative estimate of drug-likeness (QED) is 0.871. The molecule has 3 rings (SSSR count). The van der Waals surface area contributed by atoms with Crippen molar-refractivity contribution in [3.8, 4) is 11.6 Å². The van der Waals surface area contributed by atoms with Gasteiger partial charge in [-0.3, -0.25) is 4.79 Å². The van der Waals surface area contributed by atoms with Crippen molar-refractivity contribution in [1.82, 2.24) is 4.98 Å². The predicted octanol–water partition coefficient (Wildman–Crippen LogP) is 2.93. The third-order valence-corrected chi connectivity index (χ3v) is 4.17. The molecular formula is C19H24N2O4. The number of benzene rings is 1.